The van der Waals surface area contributed by atoms with Crippen LogP contribution in [-0.4, -0.2) is 18.4 Å². The van der Waals surface area contributed by atoms with Gasteiger partial charge in [-0.25, -0.2) is 9.98 Å². The van der Waals surface area contributed by atoms with Gasteiger partial charge in [0.2, 0.25) is 0 Å². The van der Waals surface area contributed by atoms with Gasteiger partial charge in [0.1, 0.15) is 11.2 Å². The molecule has 9 aromatic rings. The number of hydrogen-bond acceptors (Lipinski definition) is 3. The van der Waals surface area contributed by atoms with Gasteiger partial charge in [-0.3, -0.25) is 4.99 Å². The maximum Gasteiger partial charge on any atom is 0.161 e. The Balaban J connectivity index is 1.02. The summed E-state index contributed by atoms with van der Waals surface area (Å²) in [6.45, 7) is 4.20. The summed E-state index contributed by atoms with van der Waals surface area (Å²) in [6, 6.07) is 71.0. The number of hydrogen-bond donors (Lipinski definition) is 0. The third-order valence-corrected chi connectivity index (χ3v) is 10.1. The van der Waals surface area contributed by atoms with E-state index in [1.54, 1.807) is 0 Å². The molecule has 57 heavy (non-hydrogen) atoms. The maximum absolute atomic E-state index is 6.58. The Labute approximate surface area is 332 Å². The zero-order valence-corrected chi connectivity index (χ0v) is 31.2. The number of rotatable bonds is 9. The first-order valence-corrected chi connectivity index (χ1v) is 19.0. The third-order valence-electron chi connectivity index (χ3n) is 10.1. The molecule has 0 atom stereocenters. The van der Waals surface area contributed by atoms with Crippen LogP contribution < -0.4 is 4.90 Å². The van der Waals surface area contributed by atoms with Gasteiger partial charge in [-0.15, -0.1) is 0 Å². The minimum absolute atomic E-state index is 0.417. The van der Waals surface area contributed by atoms with E-state index >= 15 is 0 Å². The zero-order chi connectivity index (χ0) is 38.4. The fourth-order valence-corrected chi connectivity index (χ4v) is 7.18. The number of furan rings is 1. The monoisotopic (exact) mass is 734 g/mol. The van der Waals surface area contributed by atoms with Gasteiger partial charge in [-0.05, 0) is 77.0 Å². The van der Waals surface area contributed by atoms with Crippen molar-refractivity contribution in [3.63, 3.8) is 0 Å². The van der Waals surface area contributed by atoms with Crippen molar-refractivity contribution in [1.29, 1.82) is 0 Å². The molecule has 0 radical (unpaired) electrons. The number of para-hydroxylation sites is 1. The number of anilines is 3. The number of nitrogens with zero attached hydrogens (tertiary/aromatic N) is 4. The van der Waals surface area contributed by atoms with Gasteiger partial charge in [0.25, 0.3) is 0 Å². The quantitative estimate of drug-likeness (QED) is 0.109. The molecule has 0 amide bonds. The Morgan fingerprint density at radius 1 is 0.439 bits per heavy atom. The lowest BCUT2D eigenvalue weighted by atomic mass is 10.00. The Hall–Kier alpha value is -7.63. The van der Waals surface area contributed by atoms with Crippen LogP contribution in [0.25, 0.3) is 44.2 Å². The smallest absolute Gasteiger partial charge is 0.161 e. The fourth-order valence-electron chi connectivity index (χ4n) is 7.18. The molecule has 5 nitrogen and oxygen atoms in total. The first-order valence-electron chi connectivity index (χ1n) is 19.0. The summed E-state index contributed by atoms with van der Waals surface area (Å²) in [5.74, 6) is 1.11. The molecule has 5 heteroatoms. The lowest BCUT2D eigenvalue weighted by Gasteiger charge is -2.25. The molecule has 1 aromatic heterocycles. The van der Waals surface area contributed by atoms with Gasteiger partial charge in [-0.1, -0.05) is 158 Å². The van der Waals surface area contributed by atoms with Crippen LogP contribution in [0.1, 0.15) is 16.7 Å². The van der Waals surface area contributed by atoms with Crippen LogP contribution >= 0.6 is 0 Å². The molecular formula is C52H38N4O. The summed E-state index contributed by atoms with van der Waals surface area (Å²) in [5.41, 5.74) is 12.3. The largest absolute Gasteiger partial charge is 0.456 e. The normalized spacial score (nSPS) is 11.9. The lowest BCUT2D eigenvalue weighted by Crippen LogP contribution is -2.09. The Morgan fingerprint density at radius 2 is 0.895 bits per heavy atom. The first-order chi connectivity index (χ1) is 28.2. The van der Waals surface area contributed by atoms with E-state index in [9.17, 15) is 0 Å². The molecule has 0 aliphatic heterocycles. The summed E-state index contributed by atoms with van der Waals surface area (Å²) in [4.78, 5) is 16.3. The Morgan fingerprint density at radius 3 is 1.49 bits per heavy atom. The number of fused-ring (bicyclic) bond motifs is 3. The molecule has 0 saturated carbocycles. The number of amidine groups is 2. The molecule has 0 fully saturated rings. The Kier molecular flexibility index (Phi) is 9.85. The van der Waals surface area contributed by atoms with E-state index in [-0.39, 0.29) is 0 Å². The molecule has 272 valence electrons. The highest BCUT2D eigenvalue weighted by Gasteiger charge is 2.16. The van der Waals surface area contributed by atoms with Gasteiger partial charge >= 0.3 is 0 Å². The fraction of sp³-hybridized carbons (Fsp3) is 0.0192. The third kappa shape index (κ3) is 7.55. The van der Waals surface area contributed by atoms with Crippen LogP contribution in [0.15, 0.2) is 226 Å². The van der Waals surface area contributed by atoms with Crippen LogP contribution in [0, 0.1) is 0 Å². The molecule has 9 rings (SSSR count). The van der Waals surface area contributed by atoms with Gasteiger partial charge in [0.15, 0.2) is 11.7 Å². The van der Waals surface area contributed by atoms with Crippen molar-refractivity contribution < 1.29 is 4.42 Å². The average molecular weight is 735 g/mol. The maximum atomic E-state index is 6.58. The molecule has 0 aliphatic carbocycles. The molecule has 0 aliphatic rings. The highest BCUT2D eigenvalue weighted by Crippen LogP contribution is 2.39. The van der Waals surface area contributed by atoms with Crippen molar-refractivity contribution in [1.82, 2.24) is 0 Å². The second kappa shape index (κ2) is 16.0. The molecule has 8 aromatic carbocycles. The van der Waals surface area contributed by atoms with Gasteiger partial charge in [0.05, 0.1) is 6.54 Å². The number of benzene rings is 8. The highest BCUT2D eigenvalue weighted by molar-refractivity contribution is 6.12. The van der Waals surface area contributed by atoms with Gasteiger partial charge in [0, 0.05) is 45.0 Å². The van der Waals surface area contributed by atoms with E-state index in [2.05, 4.69) is 150 Å². The minimum atomic E-state index is 0.417. The Bertz CT molecular complexity index is 2850. The zero-order valence-electron chi connectivity index (χ0n) is 31.2. The second-order valence-corrected chi connectivity index (χ2v) is 13.7. The molecule has 0 bridgehead atoms. The average Bonchev–Trinajstić information content (AvgIpc) is 3.65. The SMILES string of the molecule is C=NC(=NC(=NCc1ccc2c(c1)oc1cc(N(c3ccccc3)c3ccc(-c4ccc(-c5ccccc5)cc4)cc3)ccc12)c1ccccc1)c1ccccc1. The molecule has 0 N–H and O–H groups in total. The van der Waals surface area contributed by atoms with Crippen molar-refractivity contribution in [3.8, 4) is 22.3 Å². The van der Waals surface area contributed by atoms with Crippen LogP contribution in [-0.2, 0) is 6.54 Å². The molecule has 0 saturated heterocycles. The van der Waals surface area contributed by atoms with E-state index in [1.165, 1.54) is 16.7 Å². The summed E-state index contributed by atoms with van der Waals surface area (Å²) in [5, 5.41) is 2.12. The predicted molar refractivity (Wildman–Crippen MR) is 238 cm³/mol. The van der Waals surface area contributed by atoms with Crippen LogP contribution in [0.2, 0.25) is 0 Å². The van der Waals surface area contributed by atoms with Crippen molar-refractivity contribution in [2.45, 2.75) is 6.54 Å². The van der Waals surface area contributed by atoms with Crippen LogP contribution in [0.3, 0.4) is 0 Å². The standard InChI is InChI=1S/C52H38N4O/c1-53-51(42-16-8-3-9-17-42)55-52(43-18-10-4-11-19-43)54-36-37-22-32-47-48-33-31-46(35-50(48)57-49(47)34-37)56(44-20-12-5-13-21-44)45-29-27-41(28-30-45)40-25-23-39(24-26-40)38-14-6-2-7-15-38/h2-35H,1,36H2. The second-order valence-electron chi connectivity index (χ2n) is 13.7. The van der Waals surface area contributed by atoms with Crippen molar-refractivity contribution in [2.75, 3.05) is 4.90 Å². The van der Waals surface area contributed by atoms with Crippen molar-refractivity contribution in [3.05, 3.63) is 223 Å². The van der Waals surface area contributed by atoms with Crippen molar-refractivity contribution in [2.24, 2.45) is 15.0 Å². The lowest BCUT2D eigenvalue weighted by molar-refractivity contribution is 0.668. The van der Waals surface area contributed by atoms with E-state index in [0.29, 0.717) is 18.2 Å². The van der Waals surface area contributed by atoms with E-state index in [1.807, 2.05) is 72.8 Å². The summed E-state index contributed by atoms with van der Waals surface area (Å²) in [6.07, 6.45) is 0. The summed E-state index contributed by atoms with van der Waals surface area (Å²) in [7, 11) is 0. The minimum Gasteiger partial charge on any atom is -0.456 e. The molecular weight excluding hydrogens is 697 g/mol. The van der Waals surface area contributed by atoms with Crippen molar-refractivity contribution >= 4 is 57.4 Å². The molecule has 0 unspecified atom stereocenters. The van der Waals surface area contributed by atoms with E-state index in [4.69, 9.17) is 14.4 Å². The first kappa shape index (κ1) is 35.1. The van der Waals surface area contributed by atoms with Gasteiger partial charge < -0.3 is 9.32 Å². The van der Waals surface area contributed by atoms with Crippen LogP contribution in [0.5, 0.6) is 0 Å². The van der Waals surface area contributed by atoms with E-state index < -0.39 is 0 Å². The summed E-state index contributed by atoms with van der Waals surface area (Å²) >= 11 is 0. The topological polar surface area (TPSA) is 53.5 Å². The van der Waals surface area contributed by atoms with E-state index in [0.717, 1.165) is 61.3 Å². The van der Waals surface area contributed by atoms with Gasteiger partial charge in [-0.2, -0.15) is 0 Å². The summed E-state index contributed by atoms with van der Waals surface area (Å²) < 4.78 is 6.58. The number of aliphatic imine (C=N–C) groups is 3. The van der Waals surface area contributed by atoms with Crippen LogP contribution in [0.4, 0.5) is 17.1 Å². The molecule has 1 heterocycles. The molecule has 0 spiro atoms. The predicted octanol–water partition coefficient (Wildman–Crippen LogP) is 13.5. The highest BCUT2D eigenvalue weighted by atomic mass is 16.3.